The molecule has 6 nitrogen and oxygen atoms in total. The first kappa shape index (κ1) is 22.8. The zero-order chi connectivity index (χ0) is 23.5. The Balaban J connectivity index is 1.65. The van der Waals surface area contributed by atoms with Crippen LogP contribution in [-0.2, 0) is 20.9 Å². The number of amides is 2. The Bertz CT molecular complexity index is 1120. The van der Waals surface area contributed by atoms with Crippen LogP contribution in [0.15, 0.2) is 59.8 Å². The molecule has 33 heavy (non-hydrogen) atoms. The number of nitrogens with zero attached hydrogens (tertiary/aromatic N) is 1. The molecular formula is C27H30N2O4. The molecule has 2 aromatic rings. The van der Waals surface area contributed by atoms with Crippen molar-refractivity contribution < 1.29 is 19.1 Å². The number of hydrogen-bond donors (Lipinski definition) is 1. The van der Waals surface area contributed by atoms with E-state index in [0.717, 1.165) is 29.5 Å². The summed E-state index contributed by atoms with van der Waals surface area (Å²) < 4.78 is 5.37. The van der Waals surface area contributed by atoms with Crippen molar-refractivity contribution in [3.05, 3.63) is 82.1 Å². The van der Waals surface area contributed by atoms with Gasteiger partial charge in [0.25, 0.3) is 5.91 Å². The highest BCUT2D eigenvalue weighted by Crippen LogP contribution is 2.38. The summed E-state index contributed by atoms with van der Waals surface area (Å²) in [7, 11) is 0. The number of carbonyl (C=O) groups excluding carboxylic acids is 3. The average Bonchev–Trinajstić information content (AvgIpc) is 3.60. The quantitative estimate of drug-likeness (QED) is 0.646. The van der Waals surface area contributed by atoms with Crippen LogP contribution >= 0.6 is 0 Å². The van der Waals surface area contributed by atoms with Crippen LogP contribution in [-0.4, -0.2) is 35.3 Å². The molecule has 1 N–H and O–H groups in total. The van der Waals surface area contributed by atoms with Crippen molar-refractivity contribution in [2.75, 3.05) is 6.61 Å². The summed E-state index contributed by atoms with van der Waals surface area (Å²) >= 11 is 0. The number of carbonyl (C=O) groups is 3. The summed E-state index contributed by atoms with van der Waals surface area (Å²) in [6.07, 6.45) is 2.24. The molecule has 1 unspecified atom stereocenters. The Morgan fingerprint density at radius 1 is 1.09 bits per heavy atom. The second-order valence-electron chi connectivity index (χ2n) is 8.82. The summed E-state index contributed by atoms with van der Waals surface area (Å²) in [4.78, 5) is 40.3. The fraction of sp³-hybridized carbons (Fsp3) is 0.370. The van der Waals surface area contributed by atoms with E-state index in [0.29, 0.717) is 23.4 Å². The number of allylic oxidation sites excluding steroid dienone is 1. The Morgan fingerprint density at radius 3 is 2.55 bits per heavy atom. The molecule has 0 radical (unpaired) electrons. The normalized spacial score (nSPS) is 18.3. The van der Waals surface area contributed by atoms with E-state index in [1.54, 1.807) is 24.8 Å². The van der Waals surface area contributed by atoms with Crippen LogP contribution in [0, 0.1) is 6.92 Å². The zero-order valence-electron chi connectivity index (χ0n) is 19.4. The molecule has 0 aromatic heterocycles. The first-order chi connectivity index (χ1) is 15.9. The number of hydrogen-bond acceptors (Lipinski definition) is 4. The highest BCUT2D eigenvalue weighted by molar-refractivity contribution is 5.96. The number of esters is 1. The minimum absolute atomic E-state index is 0.0557. The third-order valence-corrected chi connectivity index (χ3v) is 6.21. The summed E-state index contributed by atoms with van der Waals surface area (Å²) in [6, 6.07) is 15.5. The lowest BCUT2D eigenvalue weighted by atomic mass is 9.83. The summed E-state index contributed by atoms with van der Waals surface area (Å²) in [5, 5.41) is 2.99. The largest absolute Gasteiger partial charge is 0.463 e. The van der Waals surface area contributed by atoms with Gasteiger partial charge in [0.15, 0.2) is 0 Å². The molecule has 172 valence electrons. The maximum atomic E-state index is 13.2. The van der Waals surface area contributed by atoms with Crippen LogP contribution in [0.3, 0.4) is 0 Å². The van der Waals surface area contributed by atoms with Crippen molar-refractivity contribution in [1.82, 2.24) is 10.2 Å². The van der Waals surface area contributed by atoms with Crippen LogP contribution < -0.4 is 5.32 Å². The number of nitrogens with one attached hydrogen (secondary N) is 1. The second-order valence-corrected chi connectivity index (χ2v) is 8.82. The molecule has 6 heteroatoms. The molecule has 1 fully saturated rings. The van der Waals surface area contributed by atoms with E-state index in [9.17, 15) is 14.4 Å². The van der Waals surface area contributed by atoms with Gasteiger partial charge in [-0.05, 0) is 56.9 Å². The Morgan fingerprint density at radius 2 is 1.85 bits per heavy atom. The van der Waals surface area contributed by atoms with Crippen molar-refractivity contribution in [2.45, 2.75) is 58.5 Å². The SMILES string of the molecule is CCOC(=O)C1=C(C)N(Cc2cccc(C(=O)NC3CC3)c2)C(=O)CC1c1cccc(C)c1. The molecule has 2 amide bonds. The van der Waals surface area contributed by atoms with E-state index in [1.165, 1.54) is 0 Å². The molecule has 0 saturated heterocycles. The second kappa shape index (κ2) is 9.61. The topological polar surface area (TPSA) is 75.7 Å². The van der Waals surface area contributed by atoms with Crippen molar-refractivity contribution >= 4 is 17.8 Å². The van der Waals surface area contributed by atoms with Crippen LogP contribution in [0.5, 0.6) is 0 Å². The summed E-state index contributed by atoms with van der Waals surface area (Å²) in [5.74, 6) is -0.886. The molecule has 0 bridgehead atoms. The molecule has 2 aromatic carbocycles. The number of rotatable bonds is 7. The van der Waals surface area contributed by atoms with Crippen LogP contribution in [0.2, 0.25) is 0 Å². The highest BCUT2D eigenvalue weighted by Gasteiger charge is 2.37. The monoisotopic (exact) mass is 446 g/mol. The molecule has 1 aliphatic heterocycles. The molecule has 1 atom stereocenters. The average molecular weight is 447 g/mol. The molecule has 2 aliphatic rings. The van der Waals surface area contributed by atoms with Gasteiger partial charge in [0, 0.05) is 29.6 Å². The van der Waals surface area contributed by atoms with E-state index < -0.39 is 5.97 Å². The molecule has 0 spiro atoms. The fourth-order valence-corrected chi connectivity index (χ4v) is 4.34. The predicted octanol–water partition coefficient (Wildman–Crippen LogP) is 4.24. The van der Waals surface area contributed by atoms with Gasteiger partial charge in [-0.25, -0.2) is 4.79 Å². The van der Waals surface area contributed by atoms with Gasteiger partial charge in [-0.3, -0.25) is 9.59 Å². The molecule has 4 rings (SSSR count). The first-order valence-electron chi connectivity index (χ1n) is 11.5. The third kappa shape index (κ3) is 5.16. The Labute approximate surface area is 194 Å². The lowest BCUT2D eigenvalue weighted by Gasteiger charge is -2.34. The van der Waals surface area contributed by atoms with E-state index in [4.69, 9.17) is 4.74 Å². The zero-order valence-corrected chi connectivity index (χ0v) is 19.4. The summed E-state index contributed by atoms with van der Waals surface area (Å²) in [6.45, 7) is 6.13. The maximum absolute atomic E-state index is 13.2. The van der Waals surface area contributed by atoms with Gasteiger partial charge in [0.05, 0.1) is 18.7 Å². The molecule has 1 aliphatic carbocycles. The lowest BCUT2D eigenvalue weighted by Crippen LogP contribution is -2.38. The summed E-state index contributed by atoms with van der Waals surface area (Å²) in [5.41, 5.74) is 4.54. The van der Waals surface area contributed by atoms with Crippen LogP contribution in [0.4, 0.5) is 0 Å². The van der Waals surface area contributed by atoms with E-state index in [1.807, 2.05) is 49.4 Å². The van der Waals surface area contributed by atoms with Gasteiger partial charge in [0.2, 0.25) is 5.91 Å². The Kier molecular flexibility index (Phi) is 6.63. The Hall–Kier alpha value is -3.41. The van der Waals surface area contributed by atoms with Crippen molar-refractivity contribution in [2.24, 2.45) is 0 Å². The number of ether oxygens (including phenoxy) is 1. The van der Waals surface area contributed by atoms with Gasteiger partial charge in [-0.2, -0.15) is 0 Å². The van der Waals surface area contributed by atoms with Crippen molar-refractivity contribution in [3.63, 3.8) is 0 Å². The van der Waals surface area contributed by atoms with Gasteiger partial charge in [-0.1, -0.05) is 42.0 Å². The minimum atomic E-state index is -0.392. The number of aryl methyl sites for hydroxylation is 1. The smallest absolute Gasteiger partial charge is 0.336 e. The molecular weight excluding hydrogens is 416 g/mol. The van der Waals surface area contributed by atoms with Crippen LogP contribution in [0.1, 0.15) is 66.1 Å². The van der Waals surface area contributed by atoms with E-state index >= 15 is 0 Å². The van der Waals surface area contributed by atoms with Crippen molar-refractivity contribution in [1.29, 1.82) is 0 Å². The highest BCUT2D eigenvalue weighted by atomic mass is 16.5. The first-order valence-corrected chi connectivity index (χ1v) is 11.5. The standard InChI is InChI=1S/C27H30N2O4/c1-4-33-27(32)25-18(3)29(24(30)15-23(25)20-9-5-7-17(2)13-20)16-19-8-6-10-21(14-19)26(31)28-22-11-12-22/h5-10,13-14,22-23H,4,11-12,15-16H2,1-3H3,(H,28,31). The van der Waals surface area contributed by atoms with E-state index in [-0.39, 0.29) is 36.8 Å². The fourth-order valence-electron chi connectivity index (χ4n) is 4.34. The van der Waals surface area contributed by atoms with Gasteiger partial charge in [0.1, 0.15) is 0 Å². The van der Waals surface area contributed by atoms with Gasteiger partial charge < -0.3 is 15.0 Å². The number of benzene rings is 2. The van der Waals surface area contributed by atoms with Crippen molar-refractivity contribution in [3.8, 4) is 0 Å². The third-order valence-electron chi connectivity index (χ3n) is 6.21. The van der Waals surface area contributed by atoms with Gasteiger partial charge >= 0.3 is 5.97 Å². The van der Waals surface area contributed by atoms with Crippen LogP contribution in [0.25, 0.3) is 0 Å². The lowest BCUT2D eigenvalue weighted by molar-refractivity contribution is -0.140. The van der Waals surface area contributed by atoms with E-state index in [2.05, 4.69) is 5.32 Å². The minimum Gasteiger partial charge on any atom is -0.463 e. The molecule has 1 heterocycles. The van der Waals surface area contributed by atoms with Gasteiger partial charge in [-0.15, -0.1) is 0 Å². The predicted molar refractivity (Wildman–Crippen MR) is 125 cm³/mol. The molecule has 1 saturated carbocycles. The maximum Gasteiger partial charge on any atom is 0.336 e.